The fourth-order valence-corrected chi connectivity index (χ4v) is 2.64. The third kappa shape index (κ3) is 3.48. The highest BCUT2D eigenvalue weighted by atomic mass is 35.5. The third-order valence-corrected chi connectivity index (χ3v) is 4.02. The molecular weight excluding hydrogens is 285 g/mol. The number of hydrogen-bond donors (Lipinski definition) is 0. The lowest BCUT2D eigenvalue weighted by Crippen LogP contribution is -2.46. The van der Waals surface area contributed by atoms with E-state index in [4.69, 9.17) is 27.9 Å². The Labute approximate surface area is 123 Å². The number of hydrogen-bond acceptors (Lipinski definition) is 3. The molecule has 1 aromatic rings. The molecule has 0 aromatic heterocycles. The van der Waals surface area contributed by atoms with Crippen LogP contribution in [-0.4, -0.2) is 43.0 Å². The van der Waals surface area contributed by atoms with Crippen molar-refractivity contribution in [1.82, 2.24) is 4.90 Å². The van der Waals surface area contributed by atoms with E-state index in [1.165, 1.54) is 0 Å². The zero-order chi connectivity index (χ0) is 13.8. The van der Waals surface area contributed by atoms with Crippen molar-refractivity contribution >= 4 is 29.0 Å². The van der Waals surface area contributed by atoms with Crippen LogP contribution in [0.4, 0.5) is 0 Å². The number of halogens is 2. The van der Waals surface area contributed by atoms with E-state index in [1.54, 1.807) is 18.2 Å². The van der Waals surface area contributed by atoms with Gasteiger partial charge in [-0.3, -0.25) is 9.69 Å². The summed E-state index contributed by atoms with van der Waals surface area (Å²) in [5, 5.41) is 0.708. The van der Waals surface area contributed by atoms with Gasteiger partial charge in [-0.25, -0.2) is 0 Å². The lowest BCUT2D eigenvalue weighted by atomic mass is 10.0. The van der Waals surface area contributed by atoms with Crippen molar-refractivity contribution in [3.8, 4) is 0 Å². The summed E-state index contributed by atoms with van der Waals surface area (Å²) in [5.74, 6) is -0.0895. The van der Waals surface area contributed by atoms with Crippen LogP contribution in [0.3, 0.4) is 0 Å². The van der Waals surface area contributed by atoms with Crippen LogP contribution in [0.1, 0.15) is 23.7 Å². The molecule has 0 saturated carbocycles. The van der Waals surface area contributed by atoms with E-state index in [-0.39, 0.29) is 5.78 Å². The van der Waals surface area contributed by atoms with Gasteiger partial charge in [0.15, 0.2) is 5.78 Å². The first-order valence-electron chi connectivity index (χ1n) is 6.45. The van der Waals surface area contributed by atoms with Gasteiger partial charge in [0, 0.05) is 18.7 Å². The maximum Gasteiger partial charge on any atom is 0.194 e. The molecule has 0 radical (unpaired) electrons. The Kier molecular flexibility index (Phi) is 5.22. The van der Waals surface area contributed by atoms with E-state index in [9.17, 15) is 4.79 Å². The molecule has 1 atom stereocenters. The number of carbonyl (C=O) groups is 1. The van der Waals surface area contributed by atoms with Crippen molar-refractivity contribution in [3.63, 3.8) is 0 Å². The van der Waals surface area contributed by atoms with Crippen molar-refractivity contribution in [2.75, 3.05) is 26.2 Å². The summed E-state index contributed by atoms with van der Waals surface area (Å²) < 4.78 is 5.57. The maximum absolute atomic E-state index is 12.4. The van der Waals surface area contributed by atoms with Crippen molar-refractivity contribution in [2.45, 2.75) is 19.4 Å². The Morgan fingerprint density at radius 3 is 3.00 bits per heavy atom. The summed E-state index contributed by atoms with van der Waals surface area (Å²) in [7, 11) is 0. The second-order valence-electron chi connectivity index (χ2n) is 4.63. The summed E-state index contributed by atoms with van der Waals surface area (Å²) in [5.41, 5.74) is 0.442. The Hall–Kier alpha value is -0.610. The van der Waals surface area contributed by atoms with Crippen LogP contribution in [0.5, 0.6) is 0 Å². The van der Waals surface area contributed by atoms with Crippen LogP contribution in [-0.2, 0) is 4.74 Å². The Morgan fingerprint density at radius 1 is 1.47 bits per heavy atom. The summed E-state index contributed by atoms with van der Waals surface area (Å²) in [6, 6.07) is 5.10. The number of rotatable bonds is 4. The molecule has 104 valence electrons. The molecule has 1 aliphatic heterocycles. The predicted molar refractivity (Wildman–Crippen MR) is 77.3 cm³/mol. The quantitative estimate of drug-likeness (QED) is 0.799. The van der Waals surface area contributed by atoms with Crippen LogP contribution in [0.15, 0.2) is 18.2 Å². The fourth-order valence-electron chi connectivity index (χ4n) is 2.25. The third-order valence-electron chi connectivity index (χ3n) is 3.20. The molecule has 1 aromatic carbocycles. The largest absolute Gasteiger partial charge is 0.367 e. The van der Waals surface area contributed by atoms with E-state index >= 15 is 0 Å². The number of ketones is 1. The molecule has 19 heavy (non-hydrogen) atoms. The van der Waals surface area contributed by atoms with Crippen LogP contribution >= 0.6 is 23.2 Å². The topological polar surface area (TPSA) is 29.5 Å². The first-order valence-corrected chi connectivity index (χ1v) is 7.21. The molecule has 0 spiro atoms. The molecule has 1 fully saturated rings. The highest BCUT2D eigenvalue weighted by Gasteiger charge is 2.28. The minimum Gasteiger partial charge on any atom is -0.367 e. The molecule has 2 rings (SSSR count). The number of carbonyl (C=O) groups excluding carboxylic acids is 1. The molecular formula is C14H17Cl2NO2. The molecule has 3 nitrogen and oxygen atoms in total. The number of ether oxygens (including phenoxy) is 1. The lowest BCUT2D eigenvalue weighted by Gasteiger charge is -2.32. The highest BCUT2D eigenvalue weighted by Crippen LogP contribution is 2.27. The molecule has 1 saturated heterocycles. The van der Waals surface area contributed by atoms with Crippen LogP contribution in [0, 0.1) is 0 Å². The number of benzene rings is 1. The smallest absolute Gasteiger partial charge is 0.194 e. The van der Waals surface area contributed by atoms with E-state index in [2.05, 4.69) is 11.8 Å². The minimum absolute atomic E-state index is 0.0895. The Balaban J connectivity index is 2.12. The van der Waals surface area contributed by atoms with Gasteiger partial charge in [-0.05, 0) is 25.1 Å². The molecule has 0 bridgehead atoms. The van der Waals surface area contributed by atoms with E-state index < -0.39 is 6.10 Å². The van der Waals surface area contributed by atoms with Gasteiger partial charge in [-0.15, -0.1) is 0 Å². The first-order chi connectivity index (χ1) is 9.13. The summed E-state index contributed by atoms with van der Waals surface area (Å²) in [6.07, 6.45) is 0.620. The van der Waals surface area contributed by atoms with Gasteiger partial charge >= 0.3 is 0 Å². The molecule has 1 heterocycles. The van der Waals surface area contributed by atoms with Crippen molar-refractivity contribution in [2.24, 2.45) is 0 Å². The maximum atomic E-state index is 12.4. The van der Waals surface area contributed by atoms with E-state index in [0.29, 0.717) is 28.8 Å². The summed E-state index contributed by atoms with van der Waals surface area (Å²) >= 11 is 12.0. The second kappa shape index (κ2) is 6.71. The Bertz CT molecular complexity index is 463. The zero-order valence-electron chi connectivity index (χ0n) is 10.9. The highest BCUT2D eigenvalue weighted by molar-refractivity contribution is 6.44. The minimum atomic E-state index is -0.448. The average Bonchev–Trinajstić information content (AvgIpc) is 2.42. The molecule has 5 heteroatoms. The van der Waals surface area contributed by atoms with Gasteiger partial charge < -0.3 is 4.74 Å². The monoisotopic (exact) mass is 301 g/mol. The van der Waals surface area contributed by atoms with Crippen molar-refractivity contribution in [3.05, 3.63) is 33.8 Å². The lowest BCUT2D eigenvalue weighted by molar-refractivity contribution is -0.0163. The average molecular weight is 302 g/mol. The standard InChI is InChI=1S/C14H17Cl2NO2/c1-2-6-17-7-8-19-12(9-17)14(18)10-4-3-5-11(15)13(10)16/h3-5,12H,2,6-9H2,1H3. The normalized spacial score (nSPS) is 20.5. The summed E-state index contributed by atoms with van der Waals surface area (Å²) in [4.78, 5) is 14.7. The fraction of sp³-hybridized carbons (Fsp3) is 0.500. The van der Waals surface area contributed by atoms with Crippen LogP contribution < -0.4 is 0 Å². The number of morpholine rings is 1. The molecule has 0 N–H and O–H groups in total. The second-order valence-corrected chi connectivity index (χ2v) is 5.41. The summed E-state index contributed by atoms with van der Waals surface area (Å²) in [6.45, 7) is 5.18. The van der Waals surface area contributed by atoms with Gasteiger partial charge in [-0.1, -0.05) is 36.2 Å². The van der Waals surface area contributed by atoms with Gasteiger partial charge in [0.05, 0.1) is 16.7 Å². The zero-order valence-corrected chi connectivity index (χ0v) is 12.4. The molecule has 0 aliphatic carbocycles. The van der Waals surface area contributed by atoms with Crippen LogP contribution in [0.25, 0.3) is 0 Å². The molecule has 1 unspecified atom stereocenters. The first kappa shape index (κ1) is 14.8. The molecule has 1 aliphatic rings. The van der Waals surface area contributed by atoms with Gasteiger partial charge in [0.25, 0.3) is 0 Å². The SMILES string of the molecule is CCCN1CCOC(C(=O)c2cccc(Cl)c2Cl)C1. The van der Waals surface area contributed by atoms with Crippen molar-refractivity contribution in [1.29, 1.82) is 0 Å². The van der Waals surface area contributed by atoms with Gasteiger partial charge in [0.1, 0.15) is 6.10 Å². The Morgan fingerprint density at radius 2 is 2.26 bits per heavy atom. The van der Waals surface area contributed by atoms with Gasteiger partial charge in [0.2, 0.25) is 0 Å². The number of Topliss-reactive ketones (excluding diaryl/α,β-unsaturated/α-hetero) is 1. The van der Waals surface area contributed by atoms with Gasteiger partial charge in [-0.2, -0.15) is 0 Å². The van der Waals surface area contributed by atoms with Crippen LogP contribution in [0.2, 0.25) is 10.0 Å². The van der Waals surface area contributed by atoms with E-state index in [1.807, 2.05) is 0 Å². The van der Waals surface area contributed by atoms with Crippen molar-refractivity contribution < 1.29 is 9.53 Å². The number of nitrogens with zero attached hydrogens (tertiary/aromatic N) is 1. The van der Waals surface area contributed by atoms with E-state index in [0.717, 1.165) is 19.5 Å². The molecule has 0 amide bonds. The predicted octanol–water partition coefficient (Wildman–Crippen LogP) is 3.29.